The number of aryl methyl sites for hydroxylation is 9. The summed E-state index contributed by atoms with van der Waals surface area (Å²) in [4.78, 5) is 2.35. The van der Waals surface area contributed by atoms with Crippen LogP contribution in [0, 0.1) is 68.7 Å². The molecular weight excluding hydrogens is 398 g/mol. The Morgan fingerprint density at radius 1 is 0.424 bits per heavy atom. The summed E-state index contributed by atoms with van der Waals surface area (Å²) < 4.78 is 0. The van der Waals surface area contributed by atoms with Crippen LogP contribution in [0.1, 0.15) is 61.2 Å². The highest BCUT2D eigenvalue weighted by Crippen LogP contribution is 2.40. The maximum absolute atomic E-state index is 2.38. The fraction of sp³-hybridized carbons (Fsp3) is 0.281. The molecule has 0 N–H and O–H groups in total. The number of hydrogen-bond donors (Lipinski definition) is 0. The summed E-state index contributed by atoms with van der Waals surface area (Å²) in [6.07, 6.45) is 7.01. The van der Waals surface area contributed by atoms with Gasteiger partial charge in [0.05, 0.1) is 5.69 Å². The lowest BCUT2D eigenvalue weighted by atomic mass is 9.84. The SMILES string of the molecule is Cc1cc(C)c(C2=CN(c3c(C)cc(C)cc3C)C=C(c3c(C)cc(C)cc3C)[CH]2)c(C)c1. The molecule has 0 saturated heterocycles. The Balaban J connectivity index is 1.96. The second kappa shape index (κ2) is 8.71. The predicted octanol–water partition coefficient (Wildman–Crippen LogP) is 8.57. The summed E-state index contributed by atoms with van der Waals surface area (Å²) in [5.41, 5.74) is 18.3. The highest BCUT2D eigenvalue weighted by Gasteiger charge is 2.23. The highest BCUT2D eigenvalue weighted by molar-refractivity contribution is 5.96. The third-order valence-electron chi connectivity index (χ3n) is 6.69. The first-order valence-corrected chi connectivity index (χ1v) is 11.9. The molecule has 33 heavy (non-hydrogen) atoms. The van der Waals surface area contributed by atoms with Gasteiger partial charge in [-0.05, 0) is 118 Å². The van der Waals surface area contributed by atoms with Gasteiger partial charge in [-0.3, -0.25) is 0 Å². The number of nitrogens with zero attached hydrogens (tertiary/aromatic N) is 1. The van der Waals surface area contributed by atoms with Crippen LogP contribution in [0.3, 0.4) is 0 Å². The van der Waals surface area contributed by atoms with E-state index in [0.717, 1.165) is 0 Å². The highest BCUT2D eigenvalue weighted by atomic mass is 15.1. The Kier molecular flexibility index (Phi) is 6.10. The maximum atomic E-state index is 2.38. The van der Waals surface area contributed by atoms with Gasteiger partial charge in [0, 0.05) is 18.8 Å². The van der Waals surface area contributed by atoms with Crippen molar-refractivity contribution in [3.8, 4) is 0 Å². The predicted molar refractivity (Wildman–Crippen MR) is 145 cm³/mol. The molecule has 3 aromatic carbocycles. The van der Waals surface area contributed by atoms with Gasteiger partial charge in [0.1, 0.15) is 0 Å². The van der Waals surface area contributed by atoms with E-state index in [-0.39, 0.29) is 0 Å². The van der Waals surface area contributed by atoms with Gasteiger partial charge < -0.3 is 4.90 Å². The van der Waals surface area contributed by atoms with E-state index in [2.05, 4.69) is 122 Å². The van der Waals surface area contributed by atoms with Crippen molar-refractivity contribution in [2.45, 2.75) is 62.3 Å². The van der Waals surface area contributed by atoms with Crippen molar-refractivity contribution in [1.29, 1.82) is 0 Å². The van der Waals surface area contributed by atoms with E-state index < -0.39 is 0 Å². The Labute approximate surface area is 200 Å². The topological polar surface area (TPSA) is 3.24 Å². The van der Waals surface area contributed by atoms with E-state index in [9.17, 15) is 0 Å². The van der Waals surface area contributed by atoms with Gasteiger partial charge in [-0.15, -0.1) is 0 Å². The monoisotopic (exact) mass is 434 g/mol. The standard InChI is InChI=1S/C32H36N/c1-19-10-22(4)30(23(5)11-19)28-16-29(31-24(6)12-20(2)13-25(31)7)18-33(17-28)32-26(8)14-21(3)15-27(32)9/h10-18H,1-9H3. The Morgan fingerprint density at radius 3 is 1.06 bits per heavy atom. The molecule has 3 aromatic rings. The van der Waals surface area contributed by atoms with E-state index in [1.54, 1.807) is 0 Å². The smallest absolute Gasteiger partial charge is 0.0508 e. The molecule has 0 aromatic heterocycles. The summed E-state index contributed by atoms with van der Waals surface area (Å²) in [5, 5.41) is 0. The lowest BCUT2D eigenvalue weighted by molar-refractivity contribution is 1.17. The van der Waals surface area contributed by atoms with Crippen LogP contribution in [-0.2, 0) is 0 Å². The van der Waals surface area contributed by atoms with Gasteiger partial charge in [0.2, 0.25) is 0 Å². The van der Waals surface area contributed by atoms with Gasteiger partial charge in [0.15, 0.2) is 0 Å². The Morgan fingerprint density at radius 2 is 0.727 bits per heavy atom. The quantitative estimate of drug-likeness (QED) is 0.399. The average Bonchev–Trinajstić information content (AvgIpc) is 2.65. The molecule has 1 radical (unpaired) electrons. The van der Waals surface area contributed by atoms with Crippen LogP contribution in [0.4, 0.5) is 5.69 Å². The number of hydrogen-bond acceptors (Lipinski definition) is 1. The maximum Gasteiger partial charge on any atom is 0.0508 e. The zero-order valence-corrected chi connectivity index (χ0v) is 21.6. The normalized spacial score (nSPS) is 13.8. The molecule has 0 spiro atoms. The summed E-state index contributed by atoms with van der Waals surface area (Å²) in [6.45, 7) is 19.9. The van der Waals surface area contributed by atoms with Gasteiger partial charge in [-0.2, -0.15) is 0 Å². The summed E-state index contributed by atoms with van der Waals surface area (Å²) >= 11 is 0. The van der Waals surface area contributed by atoms with Crippen molar-refractivity contribution in [3.05, 3.63) is 116 Å². The fourth-order valence-corrected chi connectivity index (χ4v) is 5.83. The van der Waals surface area contributed by atoms with E-state index in [1.165, 1.54) is 78.0 Å². The number of anilines is 1. The Bertz CT molecular complexity index is 1170. The number of benzene rings is 3. The van der Waals surface area contributed by atoms with Crippen LogP contribution in [0.2, 0.25) is 0 Å². The average molecular weight is 435 g/mol. The molecule has 1 aliphatic heterocycles. The van der Waals surface area contributed by atoms with E-state index in [0.29, 0.717) is 0 Å². The van der Waals surface area contributed by atoms with Crippen molar-refractivity contribution in [2.24, 2.45) is 0 Å². The van der Waals surface area contributed by atoms with E-state index in [4.69, 9.17) is 0 Å². The van der Waals surface area contributed by atoms with Gasteiger partial charge in [-0.25, -0.2) is 0 Å². The third kappa shape index (κ3) is 4.42. The lowest BCUT2D eigenvalue weighted by Crippen LogP contribution is -2.18. The lowest BCUT2D eigenvalue weighted by Gasteiger charge is -2.30. The molecule has 4 rings (SSSR count). The molecule has 0 unspecified atom stereocenters. The molecule has 0 atom stereocenters. The molecule has 0 bridgehead atoms. The summed E-state index contributed by atoms with van der Waals surface area (Å²) in [5.74, 6) is 0. The molecular formula is C32H36N. The molecule has 1 heteroatoms. The molecule has 0 amide bonds. The molecule has 0 saturated carbocycles. The first-order valence-electron chi connectivity index (χ1n) is 11.9. The van der Waals surface area contributed by atoms with Crippen molar-refractivity contribution in [2.75, 3.05) is 4.90 Å². The van der Waals surface area contributed by atoms with Crippen molar-refractivity contribution >= 4 is 16.8 Å². The van der Waals surface area contributed by atoms with Gasteiger partial charge in [-0.1, -0.05) is 53.1 Å². The minimum Gasteiger partial charge on any atom is -0.323 e. The van der Waals surface area contributed by atoms with Crippen molar-refractivity contribution in [3.63, 3.8) is 0 Å². The van der Waals surface area contributed by atoms with Gasteiger partial charge in [0.25, 0.3) is 0 Å². The second-order valence-electron chi connectivity index (χ2n) is 10.0. The molecule has 1 nitrogen and oxygen atoms in total. The summed E-state index contributed by atoms with van der Waals surface area (Å²) in [6, 6.07) is 13.8. The minimum absolute atomic E-state index is 1.27. The van der Waals surface area contributed by atoms with Gasteiger partial charge >= 0.3 is 0 Å². The molecule has 169 valence electrons. The largest absolute Gasteiger partial charge is 0.323 e. The zero-order chi connectivity index (χ0) is 24.0. The number of allylic oxidation sites excluding steroid dienone is 2. The first-order chi connectivity index (χ1) is 15.5. The molecule has 1 heterocycles. The van der Waals surface area contributed by atoms with E-state index in [1.807, 2.05) is 0 Å². The molecule has 0 fully saturated rings. The van der Waals surface area contributed by atoms with Crippen LogP contribution in [0.15, 0.2) is 48.8 Å². The Hall–Kier alpha value is -3.06. The van der Waals surface area contributed by atoms with Crippen LogP contribution in [-0.4, -0.2) is 0 Å². The van der Waals surface area contributed by atoms with Crippen molar-refractivity contribution < 1.29 is 0 Å². The summed E-state index contributed by atoms with van der Waals surface area (Å²) in [7, 11) is 0. The third-order valence-corrected chi connectivity index (χ3v) is 6.69. The van der Waals surface area contributed by atoms with Crippen LogP contribution in [0.5, 0.6) is 0 Å². The van der Waals surface area contributed by atoms with Crippen LogP contribution in [0.25, 0.3) is 11.1 Å². The van der Waals surface area contributed by atoms with E-state index >= 15 is 0 Å². The van der Waals surface area contributed by atoms with Crippen molar-refractivity contribution in [1.82, 2.24) is 0 Å². The number of rotatable bonds is 3. The molecule has 1 aliphatic rings. The van der Waals surface area contributed by atoms with Crippen LogP contribution < -0.4 is 4.90 Å². The zero-order valence-electron chi connectivity index (χ0n) is 21.6. The second-order valence-corrected chi connectivity index (χ2v) is 10.0. The fourth-order valence-electron chi connectivity index (χ4n) is 5.83. The molecule has 0 aliphatic carbocycles. The first kappa shape index (κ1) is 23.1. The minimum atomic E-state index is 1.27. The van der Waals surface area contributed by atoms with Crippen LogP contribution >= 0.6 is 0 Å².